The highest BCUT2D eigenvalue weighted by Gasteiger charge is 1.88. The van der Waals surface area contributed by atoms with Crippen LogP contribution in [0, 0.1) is 0 Å². The molecule has 0 atom stereocenters. The van der Waals surface area contributed by atoms with Crippen molar-refractivity contribution in [3.8, 4) is 0 Å². The molecule has 1 nitrogen and oxygen atoms in total. The molecule has 0 N–H and O–H groups in total. The summed E-state index contributed by atoms with van der Waals surface area (Å²) in [6.07, 6.45) is 11.7. The molecule has 72 valence electrons. The fraction of sp³-hybridized carbons (Fsp3) is 0.818. The zero-order chi connectivity index (χ0) is 9.07. The van der Waals surface area contributed by atoms with Crippen LogP contribution in [0.1, 0.15) is 52.4 Å². The van der Waals surface area contributed by atoms with Gasteiger partial charge in [0.25, 0.3) is 0 Å². The Morgan fingerprint density at radius 1 is 1.00 bits per heavy atom. The number of allylic oxidation sites excluding steroid dienone is 1. The van der Waals surface area contributed by atoms with Crippen LogP contribution < -0.4 is 0 Å². The molecule has 0 radical (unpaired) electrons. The van der Waals surface area contributed by atoms with Crippen LogP contribution in [-0.2, 0) is 4.74 Å². The van der Waals surface area contributed by atoms with Crippen molar-refractivity contribution in [1.29, 1.82) is 0 Å². The lowest BCUT2D eigenvalue weighted by Gasteiger charge is -2.00. The molecule has 1 heteroatoms. The van der Waals surface area contributed by atoms with E-state index >= 15 is 0 Å². The van der Waals surface area contributed by atoms with Crippen LogP contribution in [0.5, 0.6) is 0 Å². The molecule has 0 saturated heterocycles. The molecule has 0 aliphatic carbocycles. The van der Waals surface area contributed by atoms with Gasteiger partial charge in [-0.25, -0.2) is 0 Å². The highest BCUT2D eigenvalue weighted by Crippen LogP contribution is 2.04. The van der Waals surface area contributed by atoms with Gasteiger partial charge in [-0.3, -0.25) is 0 Å². The van der Waals surface area contributed by atoms with Gasteiger partial charge in [-0.15, -0.1) is 0 Å². The van der Waals surface area contributed by atoms with Crippen LogP contribution in [0.4, 0.5) is 0 Å². The van der Waals surface area contributed by atoms with Gasteiger partial charge < -0.3 is 4.74 Å². The van der Waals surface area contributed by atoms with Crippen molar-refractivity contribution in [2.45, 2.75) is 52.4 Å². The minimum atomic E-state index is 0.885. The van der Waals surface area contributed by atoms with E-state index in [4.69, 9.17) is 4.74 Å². The van der Waals surface area contributed by atoms with Gasteiger partial charge in [0.05, 0.1) is 12.9 Å². The van der Waals surface area contributed by atoms with Crippen LogP contribution in [0.2, 0.25) is 0 Å². The van der Waals surface area contributed by atoms with E-state index in [1.807, 2.05) is 13.0 Å². The maximum Gasteiger partial charge on any atom is 0.0873 e. The van der Waals surface area contributed by atoms with Gasteiger partial charge in [0.1, 0.15) is 0 Å². The molecule has 0 bridgehead atoms. The fourth-order valence-corrected chi connectivity index (χ4v) is 1.13. The maximum absolute atomic E-state index is 5.21. The van der Waals surface area contributed by atoms with E-state index in [1.165, 1.54) is 38.5 Å². The van der Waals surface area contributed by atoms with E-state index in [1.54, 1.807) is 6.26 Å². The predicted molar refractivity (Wildman–Crippen MR) is 54.1 cm³/mol. The highest BCUT2D eigenvalue weighted by molar-refractivity contribution is 4.64. The third-order valence-electron chi connectivity index (χ3n) is 1.85. The molecule has 0 spiro atoms. The van der Waals surface area contributed by atoms with Crippen molar-refractivity contribution in [2.75, 3.05) is 6.61 Å². The Morgan fingerprint density at radius 3 is 2.33 bits per heavy atom. The second kappa shape index (κ2) is 10.5. The Morgan fingerprint density at radius 2 is 1.67 bits per heavy atom. The maximum atomic E-state index is 5.21. The molecule has 0 rings (SSSR count). The summed E-state index contributed by atoms with van der Waals surface area (Å²) < 4.78 is 5.21. The van der Waals surface area contributed by atoms with Gasteiger partial charge in [-0.05, 0) is 13.3 Å². The molecule has 0 unspecified atom stereocenters. The molecule has 0 heterocycles. The first-order valence-corrected chi connectivity index (χ1v) is 5.14. The van der Waals surface area contributed by atoms with E-state index in [0.29, 0.717) is 0 Å². The Bertz CT molecular complexity index is 97.2. The van der Waals surface area contributed by atoms with Gasteiger partial charge >= 0.3 is 0 Å². The molecule has 0 fully saturated rings. The number of unbranched alkanes of at least 4 members (excludes halogenated alkanes) is 5. The van der Waals surface area contributed by atoms with E-state index < -0.39 is 0 Å². The zero-order valence-electron chi connectivity index (χ0n) is 8.51. The largest absolute Gasteiger partial charge is 0.502 e. The van der Waals surface area contributed by atoms with Crippen LogP contribution in [0.25, 0.3) is 0 Å². The molecular weight excluding hydrogens is 148 g/mol. The van der Waals surface area contributed by atoms with E-state index in [0.717, 1.165) is 6.61 Å². The highest BCUT2D eigenvalue weighted by atomic mass is 16.5. The molecule has 0 aliphatic rings. The summed E-state index contributed by atoms with van der Waals surface area (Å²) in [5.41, 5.74) is 0. The average Bonchev–Trinajstić information content (AvgIpc) is 2.10. The number of hydrogen-bond donors (Lipinski definition) is 0. The molecule has 12 heavy (non-hydrogen) atoms. The van der Waals surface area contributed by atoms with Gasteiger partial charge in [-0.2, -0.15) is 0 Å². The Balaban J connectivity index is 2.81. The summed E-state index contributed by atoms with van der Waals surface area (Å²) >= 11 is 0. The first-order valence-electron chi connectivity index (χ1n) is 5.14. The molecule has 0 saturated carbocycles. The molecule has 0 amide bonds. The van der Waals surface area contributed by atoms with Crippen LogP contribution in [-0.4, -0.2) is 6.61 Å². The summed E-state index contributed by atoms with van der Waals surface area (Å²) in [6.45, 7) is 5.10. The minimum Gasteiger partial charge on any atom is -0.502 e. The topological polar surface area (TPSA) is 9.23 Å². The SMILES string of the molecule is CC=COCCCCCCCC. The summed E-state index contributed by atoms with van der Waals surface area (Å²) in [4.78, 5) is 0. The lowest BCUT2D eigenvalue weighted by atomic mass is 10.1. The van der Waals surface area contributed by atoms with Crippen molar-refractivity contribution in [1.82, 2.24) is 0 Å². The second-order valence-corrected chi connectivity index (χ2v) is 3.11. The Hall–Kier alpha value is -0.460. The first kappa shape index (κ1) is 11.5. The van der Waals surface area contributed by atoms with Crippen molar-refractivity contribution in [3.63, 3.8) is 0 Å². The monoisotopic (exact) mass is 170 g/mol. The summed E-state index contributed by atoms with van der Waals surface area (Å²) in [5.74, 6) is 0. The van der Waals surface area contributed by atoms with Crippen molar-refractivity contribution < 1.29 is 4.74 Å². The van der Waals surface area contributed by atoms with Crippen LogP contribution in [0.15, 0.2) is 12.3 Å². The molecule has 0 aromatic carbocycles. The fourth-order valence-electron chi connectivity index (χ4n) is 1.13. The normalized spacial score (nSPS) is 10.8. The van der Waals surface area contributed by atoms with Gasteiger partial charge in [0, 0.05) is 0 Å². The van der Waals surface area contributed by atoms with Crippen molar-refractivity contribution >= 4 is 0 Å². The quantitative estimate of drug-likeness (QED) is 0.396. The zero-order valence-corrected chi connectivity index (χ0v) is 8.51. The smallest absolute Gasteiger partial charge is 0.0873 e. The number of rotatable bonds is 8. The minimum absolute atomic E-state index is 0.885. The van der Waals surface area contributed by atoms with Gasteiger partial charge in [0.15, 0.2) is 0 Å². The van der Waals surface area contributed by atoms with Crippen LogP contribution in [0.3, 0.4) is 0 Å². The molecular formula is C11H22O. The third-order valence-corrected chi connectivity index (χ3v) is 1.85. The van der Waals surface area contributed by atoms with E-state index in [2.05, 4.69) is 6.92 Å². The average molecular weight is 170 g/mol. The predicted octanol–water partition coefficient (Wildman–Crippen LogP) is 3.90. The molecule has 0 aromatic rings. The van der Waals surface area contributed by atoms with Gasteiger partial charge in [-0.1, -0.05) is 45.1 Å². The summed E-state index contributed by atoms with van der Waals surface area (Å²) in [6, 6.07) is 0. The van der Waals surface area contributed by atoms with Crippen molar-refractivity contribution in [2.24, 2.45) is 0 Å². The van der Waals surface area contributed by atoms with Crippen molar-refractivity contribution in [3.05, 3.63) is 12.3 Å². The first-order chi connectivity index (χ1) is 5.91. The number of hydrogen-bond acceptors (Lipinski definition) is 1. The van der Waals surface area contributed by atoms with E-state index in [-0.39, 0.29) is 0 Å². The second-order valence-electron chi connectivity index (χ2n) is 3.11. The lowest BCUT2D eigenvalue weighted by Crippen LogP contribution is -1.87. The standard InChI is InChI=1S/C11H22O/c1-3-5-6-7-8-9-11-12-10-4-2/h4,10H,3,5-9,11H2,1-2H3. The molecule has 0 aromatic heterocycles. The van der Waals surface area contributed by atoms with Gasteiger partial charge in [0.2, 0.25) is 0 Å². The number of ether oxygens (including phenoxy) is 1. The molecule has 0 aliphatic heterocycles. The lowest BCUT2D eigenvalue weighted by molar-refractivity contribution is 0.240. The van der Waals surface area contributed by atoms with E-state index in [9.17, 15) is 0 Å². The third kappa shape index (κ3) is 9.54. The Labute approximate surface area is 76.8 Å². The Kier molecular flexibility index (Phi) is 10.1. The van der Waals surface area contributed by atoms with Crippen LogP contribution >= 0.6 is 0 Å². The summed E-state index contributed by atoms with van der Waals surface area (Å²) in [5, 5.41) is 0. The summed E-state index contributed by atoms with van der Waals surface area (Å²) in [7, 11) is 0.